The van der Waals surface area contributed by atoms with E-state index < -0.39 is 23.7 Å². The number of anilines is 1. The summed E-state index contributed by atoms with van der Waals surface area (Å²) in [6, 6.07) is 23.2. The number of aliphatic hydroxyl groups is 1. The number of rotatable bonds is 7. The van der Waals surface area contributed by atoms with Gasteiger partial charge in [0.25, 0.3) is 5.91 Å². The van der Waals surface area contributed by atoms with Crippen molar-refractivity contribution in [2.75, 3.05) is 11.4 Å². The summed E-state index contributed by atoms with van der Waals surface area (Å²) in [6.45, 7) is 0.442. The Morgan fingerprint density at radius 1 is 0.900 bits per heavy atom. The van der Waals surface area contributed by atoms with Crippen molar-refractivity contribution in [1.82, 2.24) is 0 Å². The fourth-order valence-corrected chi connectivity index (χ4v) is 4.02. The van der Waals surface area contributed by atoms with Gasteiger partial charge >= 0.3 is 0 Å². The van der Waals surface area contributed by atoms with Crippen LogP contribution in [0.15, 0.2) is 78.9 Å². The largest absolute Gasteiger partial charge is 0.507 e. The normalized spacial score (nSPS) is 17.8. The highest BCUT2D eigenvalue weighted by molar-refractivity contribution is 6.11. The minimum atomic E-state index is -1.94. The highest BCUT2D eigenvalue weighted by atomic mass is 16.3. The minimum Gasteiger partial charge on any atom is -0.507 e. The number of Topliss-reactive ketones (excluding diaryl/α,β-unsaturated/α-hetero) is 1. The summed E-state index contributed by atoms with van der Waals surface area (Å²) < 4.78 is 0. The smallest absolute Gasteiger partial charge is 0.264 e. The fraction of sp³-hybridized carbons (Fsp3) is 0.200. The van der Waals surface area contributed by atoms with E-state index in [9.17, 15) is 19.8 Å². The van der Waals surface area contributed by atoms with E-state index in [-0.39, 0.29) is 11.3 Å². The second-order valence-electron chi connectivity index (χ2n) is 7.54. The number of para-hydroxylation sites is 2. The molecule has 3 aromatic carbocycles. The van der Waals surface area contributed by atoms with Crippen LogP contribution in [-0.2, 0) is 16.8 Å². The van der Waals surface area contributed by atoms with Gasteiger partial charge in [-0.1, -0.05) is 60.7 Å². The molecule has 30 heavy (non-hydrogen) atoms. The van der Waals surface area contributed by atoms with Crippen LogP contribution in [0.5, 0.6) is 5.75 Å². The van der Waals surface area contributed by atoms with Crippen LogP contribution in [0.3, 0.4) is 0 Å². The van der Waals surface area contributed by atoms with Crippen LogP contribution in [-0.4, -0.2) is 28.4 Å². The van der Waals surface area contributed by atoms with Gasteiger partial charge in [0.05, 0.1) is 17.7 Å². The summed E-state index contributed by atoms with van der Waals surface area (Å²) in [5.74, 6) is -1.14. The number of amides is 1. The third-order valence-corrected chi connectivity index (χ3v) is 5.55. The maximum absolute atomic E-state index is 13.2. The molecule has 0 aromatic heterocycles. The van der Waals surface area contributed by atoms with Crippen LogP contribution in [0.2, 0.25) is 0 Å². The van der Waals surface area contributed by atoms with E-state index in [1.807, 2.05) is 36.4 Å². The number of benzene rings is 3. The molecule has 0 spiro atoms. The van der Waals surface area contributed by atoms with Gasteiger partial charge in [-0.15, -0.1) is 0 Å². The summed E-state index contributed by atoms with van der Waals surface area (Å²) in [6.07, 6.45) is 1.12. The quantitative estimate of drug-likeness (QED) is 0.590. The molecule has 0 saturated carbocycles. The number of fused-ring (bicyclic) bond motifs is 1. The number of aromatic hydroxyl groups is 1. The predicted molar refractivity (Wildman–Crippen MR) is 115 cm³/mol. The first kappa shape index (κ1) is 19.9. The maximum Gasteiger partial charge on any atom is 0.264 e. The molecule has 152 valence electrons. The van der Waals surface area contributed by atoms with Crippen molar-refractivity contribution in [3.05, 3.63) is 95.6 Å². The number of carbonyl (C=O) groups is 2. The Morgan fingerprint density at radius 2 is 1.57 bits per heavy atom. The molecule has 1 atom stereocenters. The van der Waals surface area contributed by atoms with Crippen LogP contribution >= 0.6 is 0 Å². The average molecular weight is 401 g/mol. The summed E-state index contributed by atoms with van der Waals surface area (Å²) in [4.78, 5) is 27.6. The molecule has 1 aliphatic rings. The average Bonchev–Trinajstić information content (AvgIpc) is 2.97. The Hall–Kier alpha value is -3.44. The van der Waals surface area contributed by atoms with Gasteiger partial charge < -0.3 is 15.1 Å². The summed E-state index contributed by atoms with van der Waals surface area (Å²) in [7, 11) is 0. The zero-order chi connectivity index (χ0) is 21.1. The van der Waals surface area contributed by atoms with Crippen LogP contribution in [0.1, 0.15) is 34.3 Å². The number of phenols is 1. The van der Waals surface area contributed by atoms with Gasteiger partial charge in [-0.05, 0) is 36.6 Å². The fourth-order valence-electron chi connectivity index (χ4n) is 4.02. The highest BCUT2D eigenvalue weighted by Crippen LogP contribution is 2.43. The van der Waals surface area contributed by atoms with E-state index in [2.05, 4.69) is 0 Å². The standard InChI is InChI=1S/C25H23NO4/c27-22-15-7-4-12-19(22)23(28)17-25(30)20-13-5-6-14-21(20)26(24(25)29)16-8-11-18-9-2-1-3-10-18/h1-7,9-10,12-15,27,30H,8,11,16-17H2/t25-/m0/s1. The van der Waals surface area contributed by atoms with Crippen molar-refractivity contribution in [2.24, 2.45) is 0 Å². The SMILES string of the molecule is O=C(C[C@@]1(O)C(=O)N(CCCc2ccccc2)c2ccccc21)c1ccccc1O. The van der Waals surface area contributed by atoms with Crippen LogP contribution < -0.4 is 4.90 Å². The number of carbonyl (C=O) groups excluding carboxylic acids is 2. The Morgan fingerprint density at radius 3 is 2.33 bits per heavy atom. The summed E-state index contributed by atoms with van der Waals surface area (Å²) in [5.41, 5.74) is 0.394. The van der Waals surface area contributed by atoms with Gasteiger partial charge in [-0.3, -0.25) is 9.59 Å². The molecule has 5 heteroatoms. The Kier molecular flexibility index (Phi) is 5.38. The molecule has 1 aliphatic heterocycles. The van der Waals surface area contributed by atoms with E-state index >= 15 is 0 Å². The lowest BCUT2D eigenvalue weighted by molar-refractivity contribution is -0.135. The van der Waals surface area contributed by atoms with Crippen molar-refractivity contribution in [2.45, 2.75) is 24.9 Å². The highest BCUT2D eigenvalue weighted by Gasteiger charge is 2.50. The van der Waals surface area contributed by atoms with E-state index in [0.29, 0.717) is 17.8 Å². The van der Waals surface area contributed by atoms with Crippen molar-refractivity contribution >= 4 is 17.4 Å². The second-order valence-corrected chi connectivity index (χ2v) is 7.54. The molecule has 0 radical (unpaired) electrons. The first-order valence-corrected chi connectivity index (χ1v) is 9.99. The van der Waals surface area contributed by atoms with Gasteiger partial charge in [-0.25, -0.2) is 0 Å². The lowest BCUT2D eigenvalue weighted by atomic mass is 9.88. The molecule has 4 rings (SSSR count). The second kappa shape index (κ2) is 8.13. The van der Waals surface area contributed by atoms with Crippen molar-refractivity contribution in [1.29, 1.82) is 0 Å². The molecule has 0 bridgehead atoms. The third-order valence-electron chi connectivity index (χ3n) is 5.55. The lowest BCUT2D eigenvalue weighted by Crippen LogP contribution is -2.42. The molecule has 2 N–H and O–H groups in total. The molecule has 0 aliphatic carbocycles. The molecular formula is C25H23NO4. The van der Waals surface area contributed by atoms with E-state index in [1.54, 1.807) is 35.2 Å². The van der Waals surface area contributed by atoms with Crippen LogP contribution in [0.4, 0.5) is 5.69 Å². The van der Waals surface area contributed by atoms with Gasteiger partial charge in [0.1, 0.15) is 5.75 Å². The lowest BCUT2D eigenvalue weighted by Gasteiger charge is -2.23. The van der Waals surface area contributed by atoms with Crippen LogP contribution in [0, 0.1) is 0 Å². The van der Waals surface area contributed by atoms with Crippen molar-refractivity contribution in [3.8, 4) is 5.75 Å². The molecule has 0 fully saturated rings. The third kappa shape index (κ3) is 3.60. The van der Waals surface area contributed by atoms with E-state index in [4.69, 9.17) is 0 Å². The first-order valence-electron chi connectivity index (χ1n) is 9.99. The van der Waals surface area contributed by atoms with E-state index in [0.717, 1.165) is 12.8 Å². The number of nitrogens with zero attached hydrogens (tertiary/aromatic N) is 1. The first-order chi connectivity index (χ1) is 14.5. The Balaban J connectivity index is 1.56. The topological polar surface area (TPSA) is 77.8 Å². The molecular weight excluding hydrogens is 378 g/mol. The van der Waals surface area contributed by atoms with Crippen molar-refractivity contribution < 1.29 is 19.8 Å². The number of aryl methyl sites for hydroxylation is 1. The number of phenolic OH excluding ortho intramolecular Hbond substituents is 1. The molecule has 3 aromatic rings. The van der Waals surface area contributed by atoms with Gasteiger partial charge in [0.15, 0.2) is 11.4 Å². The van der Waals surface area contributed by atoms with Crippen molar-refractivity contribution in [3.63, 3.8) is 0 Å². The number of ketones is 1. The van der Waals surface area contributed by atoms with Crippen LogP contribution in [0.25, 0.3) is 0 Å². The molecule has 1 amide bonds. The Labute approximate surface area is 175 Å². The van der Waals surface area contributed by atoms with Gasteiger partial charge in [0.2, 0.25) is 0 Å². The molecule has 0 unspecified atom stereocenters. The summed E-state index contributed by atoms with van der Waals surface area (Å²) in [5, 5.41) is 21.3. The minimum absolute atomic E-state index is 0.0960. The van der Waals surface area contributed by atoms with E-state index in [1.165, 1.54) is 17.7 Å². The number of hydrogen-bond acceptors (Lipinski definition) is 4. The zero-order valence-corrected chi connectivity index (χ0v) is 16.5. The van der Waals surface area contributed by atoms with Gasteiger partial charge in [0, 0.05) is 12.1 Å². The predicted octanol–water partition coefficient (Wildman–Crippen LogP) is 3.83. The molecule has 0 saturated heterocycles. The zero-order valence-electron chi connectivity index (χ0n) is 16.5. The number of hydrogen-bond donors (Lipinski definition) is 2. The summed E-state index contributed by atoms with van der Waals surface area (Å²) >= 11 is 0. The maximum atomic E-state index is 13.2. The molecule has 5 nitrogen and oxygen atoms in total. The Bertz CT molecular complexity index is 1080. The van der Waals surface area contributed by atoms with Gasteiger partial charge in [-0.2, -0.15) is 0 Å². The molecule has 1 heterocycles. The monoisotopic (exact) mass is 401 g/mol.